The molecule has 1 heterocycles. The molecule has 6 nitrogen and oxygen atoms in total. The van der Waals surface area contributed by atoms with Crippen LogP contribution >= 0.6 is 0 Å². The molecule has 0 spiro atoms. The van der Waals surface area contributed by atoms with Gasteiger partial charge in [0.2, 0.25) is 0 Å². The second kappa shape index (κ2) is 5.55. The molecular weight excluding hydrogens is 268 g/mol. The standard InChI is InChI=1S/C15H18N4O2/c16-14-6-5-12(7-15(14)19(20)21)13-8-17-18(10-13)9-11-3-1-2-4-11/h5-8,10-11H,1-4,9,16H2. The van der Waals surface area contributed by atoms with Crippen LogP contribution in [0.2, 0.25) is 0 Å². The third-order valence-electron chi connectivity index (χ3n) is 4.11. The fourth-order valence-corrected chi connectivity index (χ4v) is 2.95. The minimum atomic E-state index is -0.457. The van der Waals surface area contributed by atoms with E-state index in [1.165, 1.54) is 31.7 Å². The lowest BCUT2D eigenvalue weighted by atomic mass is 10.1. The van der Waals surface area contributed by atoms with Crippen LogP contribution in [0.15, 0.2) is 30.6 Å². The first-order valence-electron chi connectivity index (χ1n) is 7.20. The second-order valence-electron chi connectivity index (χ2n) is 5.63. The predicted molar refractivity (Wildman–Crippen MR) is 80.7 cm³/mol. The van der Waals surface area contributed by atoms with Crippen LogP contribution in [0, 0.1) is 16.0 Å². The van der Waals surface area contributed by atoms with Crippen LogP contribution in [0.4, 0.5) is 11.4 Å². The van der Waals surface area contributed by atoms with E-state index in [0.29, 0.717) is 5.92 Å². The normalized spacial score (nSPS) is 15.4. The quantitative estimate of drug-likeness (QED) is 0.531. The Morgan fingerprint density at radius 2 is 2.10 bits per heavy atom. The largest absolute Gasteiger partial charge is 0.393 e. The van der Waals surface area contributed by atoms with Crippen LogP contribution in [0.3, 0.4) is 0 Å². The molecule has 1 saturated carbocycles. The van der Waals surface area contributed by atoms with E-state index < -0.39 is 4.92 Å². The van der Waals surface area contributed by atoms with E-state index in [1.54, 1.807) is 18.3 Å². The molecule has 0 unspecified atom stereocenters. The maximum atomic E-state index is 10.9. The predicted octanol–water partition coefficient (Wildman–Crippen LogP) is 3.23. The number of nitro benzene ring substituents is 1. The van der Waals surface area contributed by atoms with Crippen molar-refractivity contribution in [3.8, 4) is 11.1 Å². The van der Waals surface area contributed by atoms with Gasteiger partial charge in [0, 0.05) is 24.4 Å². The molecule has 2 N–H and O–H groups in total. The maximum absolute atomic E-state index is 10.9. The van der Waals surface area contributed by atoms with Crippen molar-refractivity contribution in [2.45, 2.75) is 32.2 Å². The van der Waals surface area contributed by atoms with Crippen molar-refractivity contribution in [1.29, 1.82) is 0 Å². The van der Waals surface area contributed by atoms with Crippen molar-refractivity contribution in [2.75, 3.05) is 5.73 Å². The number of anilines is 1. The lowest BCUT2D eigenvalue weighted by molar-refractivity contribution is -0.383. The molecule has 110 valence electrons. The zero-order chi connectivity index (χ0) is 14.8. The Bertz CT molecular complexity index is 659. The van der Waals surface area contributed by atoms with Crippen LogP contribution in [-0.4, -0.2) is 14.7 Å². The van der Waals surface area contributed by atoms with Crippen LogP contribution in [0.25, 0.3) is 11.1 Å². The molecule has 6 heteroatoms. The molecule has 3 rings (SSSR count). The third-order valence-corrected chi connectivity index (χ3v) is 4.11. The highest BCUT2D eigenvalue weighted by Crippen LogP contribution is 2.29. The molecule has 1 aliphatic carbocycles. The number of nitrogen functional groups attached to an aromatic ring is 1. The summed E-state index contributed by atoms with van der Waals surface area (Å²) < 4.78 is 1.94. The Kier molecular flexibility index (Phi) is 3.60. The molecule has 0 radical (unpaired) electrons. The minimum Gasteiger partial charge on any atom is -0.393 e. The lowest BCUT2D eigenvalue weighted by Gasteiger charge is -2.08. The van der Waals surface area contributed by atoms with E-state index in [-0.39, 0.29) is 11.4 Å². The van der Waals surface area contributed by atoms with Crippen molar-refractivity contribution >= 4 is 11.4 Å². The van der Waals surface area contributed by atoms with Crippen molar-refractivity contribution in [3.63, 3.8) is 0 Å². The summed E-state index contributed by atoms with van der Waals surface area (Å²) in [5, 5.41) is 15.3. The summed E-state index contributed by atoms with van der Waals surface area (Å²) >= 11 is 0. The van der Waals surface area contributed by atoms with Gasteiger partial charge < -0.3 is 5.73 Å². The van der Waals surface area contributed by atoms with Gasteiger partial charge in [-0.2, -0.15) is 5.10 Å². The smallest absolute Gasteiger partial charge is 0.292 e. The summed E-state index contributed by atoms with van der Waals surface area (Å²) in [5.41, 5.74) is 7.40. The van der Waals surface area contributed by atoms with Gasteiger partial charge in [0.05, 0.1) is 11.1 Å². The number of hydrogen-bond acceptors (Lipinski definition) is 4. The number of nitro groups is 1. The van der Waals surface area contributed by atoms with Gasteiger partial charge >= 0.3 is 0 Å². The van der Waals surface area contributed by atoms with E-state index in [9.17, 15) is 10.1 Å². The van der Waals surface area contributed by atoms with Crippen LogP contribution < -0.4 is 5.73 Å². The fraction of sp³-hybridized carbons (Fsp3) is 0.400. The zero-order valence-electron chi connectivity index (χ0n) is 11.7. The first-order chi connectivity index (χ1) is 10.1. The van der Waals surface area contributed by atoms with Gasteiger partial charge in [0.25, 0.3) is 5.69 Å². The minimum absolute atomic E-state index is 0.0592. The van der Waals surface area contributed by atoms with E-state index in [2.05, 4.69) is 5.10 Å². The molecule has 1 aromatic carbocycles. The molecule has 1 aromatic heterocycles. The third kappa shape index (κ3) is 2.89. The van der Waals surface area contributed by atoms with Gasteiger partial charge in [-0.1, -0.05) is 18.9 Å². The summed E-state index contributed by atoms with van der Waals surface area (Å²) in [5.74, 6) is 0.707. The highest BCUT2D eigenvalue weighted by Gasteiger charge is 2.17. The average Bonchev–Trinajstić information content (AvgIpc) is 3.11. The van der Waals surface area contributed by atoms with Gasteiger partial charge in [0.1, 0.15) is 5.69 Å². The molecule has 0 saturated heterocycles. The maximum Gasteiger partial charge on any atom is 0.292 e. The van der Waals surface area contributed by atoms with Gasteiger partial charge in [-0.3, -0.25) is 14.8 Å². The molecule has 1 fully saturated rings. The Morgan fingerprint density at radius 1 is 1.33 bits per heavy atom. The Morgan fingerprint density at radius 3 is 2.81 bits per heavy atom. The van der Waals surface area contributed by atoms with Crippen molar-refractivity contribution < 1.29 is 4.92 Å². The molecule has 1 aliphatic rings. The first kappa shape index (κ1) is 13.6. The average molecular weight is 286 g/mol. The Balaban J connectivity index is 1.82. The van der Waals surface area contributed by atoms with E-state index in [1.807, 2.05) is 10.9 Å². The zero-order valence-corrected chi connectivity index (χ0v) is 11.7. The summed E-state index contributed by atoms with van der Waals surface area (Å²) in [4.78, 5) is 10.5. The SMILES string of the molecule is Nc1ccc(-c2cnn(CC3CCCC3)c2)cc1[N+](=O)[O-]. The number of nitrogens with two attached hydrogens (primary N) is 1. The molecule has 21 heavy (non-hydrogen) atoms. The van der Waals surface area contributed by atoms with Gasteiger partial charge in [-0.15, -0.1) is 0 Å². The summed E-state index contributed by atoms with van der Waals surface area (Å²) in [6.07, 6.45) is 8.86. The fourth-order valence-electron chi connectivity index (χ4n) is 2.95. The Labute approximate surface area is 122 Å². The number of hydrogen-bond donors (Lipinski definition) is 1. The van der Waals surface area contributed by atoms with Crippen LogP contribution in [0.1, 0.15) is 25.7 Å². The number of rotatable bonds is 4. The molecule has 0 aliphatic heterocycles. The van der Waals surface area contributed by atoms with E-state index in [4.69, 9.17) is 5.73 Å². The number of nitrogens with zero attached hydrogens (tertiary/aromatic N) is 3. The summed E-state index contributed by atoms with van der Waals surface area (Å²) in [6.45, 7) is 0.928. The molecule has 2 aromatic rings. The molecular formula is C15H18N4O2. The number of aromatic nitrogens is 2. The topological polar surface area (TPSA) is 87.0 Å². The van der Waals surface area contributed by atoms with Crippen molar-refractivity contribution in [3.05, 3.63) is 40.7 Å². The van der Waals surface area contributed by atoms with Crippen molar-refractivity contribution in [2.24, 2.45) is 5.92 Å². The number of benzene rings is 1. The highest BCUT2D eigenvalue weighted by atomic mass is 16.6. The molecule has 0 atom stereocenters. The van der Waals surface area contributed by atoms with E-state index in [0.717, 1.165) is 17.7 Å². The lowest BCUT2D eigenvalue weighted by Crippen LogP contribution is -2.07. The van der Waals surface area contributed by atoms with Gasteiger partial charge in [-0.05, 0) is 30.4 Å². The van der Waals surface area contributed by atoms with E-state index >= 15 is 0 Å². The van der Waals surface area contributed by atoms with Crippen LogP contribution in [-0.2, 0) is 6.54 Å². The van der Waals surface area contributed by atoms with Crippen molar-refractivity contribution in [1.82, 2.24) is 9.78 Å². The van der Waals surface area contributed by atoms with Gasteiger partial charge in [0.15, 0.2) is 0 Å². The summed E-state index contributed by atoms with van der Waals surface area (Å²) in [7, 11) is 0. The second-order valence-corrected chi connectivity index (χ2v) is 5.63. The van der Waals surface area contributed by atoms with Crippen LogP contribution in [0.5, 0.6) is 0 Å². The monoisotopic (exact) mass is 286 g/mol. The highest BCUT2D eigenvalue weighted by molar-refractivity contribution is 5.71. The summed E-state index contributed by atoms with van der Waals surface area (Å²) in [6, 6.07) is 4.87. The molecule has 0 amide bonds. The Hall–Kier alpha value is -2.37. The van der Waals surface area contributed by atoms with Gasteiger partial charge in [-0.25, -0.2) is 0 Å². The molecule has 0 bridgehead atoms. The first-order valence-corrected chi connectivity index (χ1v) is 7.20.